The van der Waals surface area contributed by atoms with Gasteiger partial charge in [0.2, 0.25) is 0 Å². The molecule has 0 bridgehead atoms. The Labute approximate surface area is 183 Å². The molecule has 0 aliphatic rings. The number of amides is 1. The van der Waals surface area contributed by atoms with Crippen LogP contribution in [0.3, 0.4) is 0 Å². The summed E-state index contributed by atoms with van der Waals surface area (Å²) in [6.07, 6.45) is 5.12. The predicted molar refractivity (Wildman–Crippen MR) is 125 cm³/mol. The molecule has 1 atom stereocenters. The first-order chi connectivity index (χ1) is 15.1. The number of nitrogens with one attached hydrogen (secondary N) is 1. The van der Waals surface area contributed by atoms with Crippen molar-refractivity contribution in [3.05, 3.63) is 108 Å². The second-order valence-corrected chi connectivity index (χ2v) is 7.91. The van der Waals surface area contributed by atoms with Crippen molar-refractivity contribution in [2.75, 3.05) is 0 Å². The quantitative estimate of drug-likeness (QED) is 0.432. The Kier molecular flexibility index (Phi) is 6.27. The summed E-state index contributed by atoms with van der Waals surface area (Å²) in [7, 11) is 0. The molecule has 0 spiro atoms. The highest BCUT2D eigenvalue weighted by atomic mass is 16.2. The van der Waals surface area contributed by atoms with Crippen molar-refractivity contribution in [3.8, 4) is 16.8 Å². The summed E-state index contributed by atoms with van der Waals surface area (Å²) in [4.78, 5) is 17.1. The number of carbonyl (C=O) groups excluding carboxylic acids is 1. The summed E-state index contributed by atoms with van der Waals surface area (Å²) >= 11 is 0. The minimum atomic E-state index is -0.110. The van der Waals surface area contributed by atoms with E-state index in [9.17, 15) is 4.79 Å². The molecule has 1 aromatic heterocycles. The highest BCUT2D eigenvalue weighted by molar-refractivity contribution is 5.93. The van der Waals surface area contributed by atoms with Crippen molar-refractivity contribution in [1.82, 2.24) is 14.9 Å². The summed E-state index contributed by atoms with van der Waals surface area (Å²) in [5, 5.41) is 3.11. The van der Waals surface area contributed by atoms with Gasteiger partial charge < -0.3 is 5.32 Å². The molecule has 3 aromatic carbocycles. The molecule has 1 heterocycles. The fraction of sp³-hybridized carbons (Fsp3) is 0.185. The Bertz CT molecular complexity index is 1150. The lowest BCUT2D eigenvalue weighted by molar-refractivity contribution is 0.0931. The van der Waals surface area contributed by atoms with Gasteiger partial charge in [-0.2, -0.15) is 0 Å². The highest BCUT2D eigenvalue weighted by Gasteiger charge is 2.15. The second-order valence-electron chi connectivity index (χ2n) is 7.91. The van der Waals surface area contributed by atoms with Crippen LogP contribution in [0.1, 0.15) is 35.0 Å². The first kappa shape index (κ1) is 20.6. The molecule has 4 aromatic rings. The van der Waals surface area contributed by atoms with E-state index >= 15 is 0 Å². The van der Waals surface area contributed by atoms with Crippen molar-refractivity contribution in [1.29, 1.82) is 0 Å². The monoisotopic (exact) mass is 409 g/mol. The minimum absolute atomic E-state index is 0.0690. The topological polar surface area (TPSA) is 46.9 Å². The smallest absolute Gasteiger partial charge is 0.270 e. The minimum Gasteiger partial charge on any atom is -0.348 e. The lowest BCUT2D eigenvalue weighted by Gasteiger charge is -2.15. The van der Waals surface area contributed by atoms with E-state index in [2.05, 4.69) is 53.6 Å². The van der Waals surface area contributed by atoms with Crippen molar-refractivity contribution in [2.45, 2.75) is 32.7 Å². The van der Waals surface area contributed by atoms with Crippen molar-refractivity contribution >= 4 is 5.91 Å². The lowest BCUT2D eigenvalue weighted by atomic mass is 10.0. The SMILES string of the molecule is Cc1ccccc1-c1ccc(-n2cncc2C(=O)NC(C)CCc2ccccc2)cc1. The second kappa shape index (κ2) is 9.43. The fourth-order valence-corrected chi connectivity index (χ4v) is 3.76. The number of aromatic nitrogens is 2. The lowest BCUT2D eigenvalue weighted by Crippen LogP contribution is -2.34. The van der Waals surface area contributed by atoms with E-state index in [-0.39, 0.29) is 11.9 Å². The average Bonchev–Trinajstić information content (AvgIpc) is 3.29. The number of hydrogen-bond donors (Lipinski definition) is 1. The van der Waals surface area contributed by atoms with Gasteiger partial charge in [-0.3, -0.25) is 9.36 Å². The van der Waals surface area contributed by atoms with Crippen LogP contribution in [-0.4, -0.2) is 21.5 Å². The third-order valence-electron chi connectivity index (χ3n) is 5.56. The van der Waals surface area contributed by atoms with Gasteiger partial charge in [0.1, 0.15) is 5.69 Å². The van der Waals surface area contributed by atoms with Gasteiger partial charge in [-0.25, -0.2) is 4.98 Å². The van der Waals surface area contributed by atoms with Crippen LogP contribution < -0.4 is 5.32 Å². The maximum Gasteiger partial charge on any atom is 0.270 e. The Morgan fingerprint density at radius 2 is 1.68 bits per heavy atom. The van der Waals surface area contributed by atoms with Crippen molar-refractivity contribution in [3.63, 3.8) is 0 Å². The van der Waals surface area contributed by atoms with Gasteiger partial charge in [0.15, 0.2) is 0 Å². The Morgan fingerprint density at radius 3 is 2.42 bits per heavy atom. The van der Waals surface area contributed by atoms with E-state index in [1.807, 2.05) is 54.0 Å². The zero-order valence-corrected chi connectivity index (χ0v) is 18.0. The van der Waals surface area contributed by atoms with E-state index in [1.54, 1.807) is 12.5 Å². The van der Waals surface area contributed by atoms with Crippen LogP contribution in [0.25, 0.3) is 16.8 Å². The molecule has 4 nitrogen and oxygen atoms in total. The number of aryl methyl sites for hydroxylation is 2. The molecule has 0 aliphatic carbocycles. The molecule has 156 valence electrons. The van der Waals surface area contributed by atoms with E-state index in [0.29, 0.717) is 5.69 Å². The molecule has 4 heteroatoms. The molecule has 0 fully saturated rings. The van der Waals surface area contributed by atoms with Crippen LogP contribution >= 0.6 is 0 Å². The molecule has 1 unspecified atom stereocenters. The zero-order valence-electron chi connectivity index (χ0n) is 18.0. The van der Waals surface area contributed by atoms with E-state index in [4.69, 9.17) is 0 Å². The standard InChI is InChI=1S/C27H27N3O/c1-20-8-6-7-11-25(20)23-14-16-24(17-15-23)30-19-28-18-26(30)27(31)29-21(2)12-13-22-9-4-3-5-10-22/h3-11,14-19,21H,12-13H2,1-2H3,(H,29,31). The Balaban J connectivity index is 1.44. The van der Waals surface area contributed by atoms with Crippen LogP contribution in [0.5, 0.6) is 0 Å². The Morgan fingerprint density at radius 1 is 0.968 bits per heavy atom. The predicted octanol–water partition coefficient (Wildman–Crippen LogP) is 5.60. The van der Waals surface area contributed by atoms with Crippen molar-refractivity contribution in [2.24, 2.45) is 0 Å². The number of carbonyl (C=O) groups is 1. The largest absolute Gasteiger partial charge is 0.348 e. The number of nitrogens with zero attached hydrogens (tertiary/aromatic N) is 2. The maximum absolute atomic E-state index is 12.9. The third kappa shape index (κ3) is 4.92. The maximum atomic E-state index is 12.9. The van der Waals surface area contributed by atoms with Gasteiger partial charge in [0.25, 0.3) is 5.91 Å². The first-order valence-electron chi connectivity index (χ1n) is 10.7. The van der Waals surface area contributed by atoms with Gasteiger partial charge >= 0.3 is 0 Å². The number of benzene rings is 3. The van der Waals surface area contributed by atoms with Gasteiger partial charge in [-0.1, -0.05) is 66.7 Å². The summed E-state index contributed by atoms with van der Waals surface area (Å²) < 4.78 is 1.83. The summed E-state index contributed by atoms with van der Waals surface area (Å²) in [6, 6.07) is 27.0. The molecular weight excluding hydrogens is 382 g/mol. The first-order valence-corrected chi connectivity index (χ1v) is 10.7. The van der Waals surface area contributed by atoms with Gasteiger partial charge in [0.05, 0.1) is 12.5 Å². The van der Waals surface area contributed by atoms with Crippen LogP contribution in [0.2, 0.25) is 0 Å². The molecule has 0 radical (unpaired) electrons. The Hall–Kier alpha value is -3.66. The molecule has 1 N–H and O–H groups in total. The van der Waals surface area contributed by atoms with Crippen LogP contribution in [0.4, 0.5) is 0 Å². The van der Waals surface area contributed by atoms with Crippen molar-refractivity contribution < 1.29 is 4.79 Å². The van der Waals surface area contributed by atoms with Gasteiger partial charge in [-0.15, -0.1) is 0 Å². The molecule has 0 saturated heterocycles. The van der Waals surface area contributed by atoms with E-state index < -0.39 is 0 Å². The fourth-order valence-electron chi connectivity index (χ4n) is 3.76. The van der Waals surface area contributed by atoms with Gasteiger partial charge in [0, 0.05) is 11.7 Å². The van der Waals surface area contributed by atoms with Crippen LogP contribution in [0.15, 0.2) is 91.4 Å². The molecule has 0 saturated carbocycles. The summed E-state index contributed by atoms with van der Waals surface area (Å²) in [5.74, 6) is -0.110. The zero-order chi connectivity index (χ0) is 21.6. The molecule has 0 aliphatic heterocycles. The molecule has 4 rings (SSSR count). The highest BCUT2D eigenvalue weighted by Crippen LogP contribution is 2.24. The molecular formula is C27H27N3O. The summed E-state index contributed by atoms with van der Waals surface area (Å²) in [6.45, 7) is 4.15. The van der Waals surface area contributed by atoms with Gasteiger partial charge in [-0.05, 0) is 61.1 Å². The summed E-state index contributed by atoms with van der Waals surface area (Å²) in [5.41, 5.74) is 6.34. The van der Waals surface area contributed by atoms with Crippen LogP contribution in [0, 0.1) is 6.92 Å². The number of imidazole rings is 1. The third-order valence-corrected chi connectivity index (χ3v) is 5.56. The molecule has 31 heavy (non-hydrogen) atoms. The normalized spacial score (nSPS) is 11.8. The molecule has 1 amide bonds. The average molecular weight is 410 g/mol. The van der Waals surface area contributed by atoms with Crippen LogP contribution in [-0.2, 0) is 6.42 Å². The van der Waals surface area contributed by atoms with E-state index in [0.717, 1.165) is 24.1 Å². The van der Waals surface area contributed by atoms with E-state index in [1.165, 1.54) is 16.7 Å². The number of rotatable bonds is 7. The number of hydrogen-bond acceptors (Lipinski definition) is 2.